The first-order valence-electron chi connectivity index (χ1n) is 10.5. The minimum atomic E-state index is 0.167. The highest BCUT2D eigenvalue weighted by molar-refractivity contribution is 7.09. The molecule has 0 aliphatic rings. The van der Waals surface area contributed by atoms with Gasteiger partial charge in [-0.25, -0.2) is 4.98 Å². The van der Waals surface area contributed by atoms with Crippen LogP contribution in [0, 0.1) is 12.3 Å². The number of nitrogens with zero attached hydrogens (tertiary/aromatic N) is 4. The van der Waals surface area contributed by atoms with Crippen LogP contribution in [0.1, 0.15) is 36.5 Å². The van der Waals surface area contributed by atoms with E-state index in [1.807, 2.05) is 25.2 Å². The van der Waals surface area contributed by atoms with E-state index in [-0.39, 0.29) is 5.41 Å². The molecule has 2 aromatic heterocycles. The molecule has 0 fully saturated rings. The molecule has 0 saturated heterocycles. The zero-order valence-corrected chi connectivity index (χ0v) is 19.4. The fourth-order valence-electron chi connectivity index (χ4n) is 3.75. The first kappa shape index (κ1) is 21.2. The third kappa shape index (κ3) is 5.36. The zero-order valence-electron chi connectivity index (χ0n) is 18.5. The minimum absolute atomic E-state index is 0.167. The van der Waals surface area contributed by atoms with Crippen molar-refractivity contribution in [1.29, 1.82) is 0 Å². The molecule has 0 spiro atoms. The van der Waals surface area contributed by atoms with Crippen molar-refractivity contribution in [2.45, 2.75) is 33.6 Å². The molecule has 0 saturated carbocycles. The Labute approximate surface area is 188 Å². The van der Waals surface area contributed by atoms with Gasteiger partial charge in [-0.3, -0.25) is 0 Å². The molecule has 4 aromatic rings. The Bertz CT molecular complexity index is 1190. The molecule has 0 radical (unpaired) electrons. The van der Waals surface area contributed by atoms with Crippen LogP contribution in [-0.2, 0) is 13.5 Å². The standard InChI is InChI=1S/C26H28N4S/c1-19-27-23(18-31-19)17-26(2,3)15-9-11-20-10-8-14-22(16-20)25-24(28-30(4)29-25)21-12-6-5-7-13-21/h5-14,16,18H,15,17H2,1-4H3/b11-9+. The molecule has 2 aromatic carbocycles. The van der Waals surface area contributed by atoms with E-state index >= 15 is 0 Å². The van der Waals surface area contributed by atoms with Gasteiger partial charge in [0.15, 0.2) is 0 Å². The molecular formula is C26H28N4S. The number of thiazole rings is 1. The van der Waals surface area contributed by atoms with Gasteiger partial charge in [0.2, 0.25) is 0 Å². The lowest BCUT2D eigenvalue weighted by Crippen LogP contribution is -2.14. The smallest absolute Gasteiger partial charge is 0.121 e. The third-order valence-electron chi connectivity index (χ3n) is 5.23. The highest BCUT2D eigenvalue weighted by Crippen LogP contribution is 2.30. The SMILES string of the molecule is Cc1nc(CC(C)(C)C/C=C/c2cccc(-c3nn(C)nc3-c3ccccc3)c2)cs1. The summed E-state index contributed by atoms with van der Waals surface area (Å²) in [5.74, 6) is 0. The first-order valence-corrected chi connectivity index (χ1v) is 11.4. The second-order valence-corrected chi connectivity index (χ2v) is 9.75. The van der Waals surface area contributed by atoms with Crippen LogP contribution in [0.25, 0.3) is 28.6 Å². The molecule has 4 rings (SSSR count). The molecule has 158 valence electrons. The Hall–Kier alpha value is -3.05. The Balaban J connectivity index is 1.52. The van der Waals surface area contributed by atoms with E-state index in [0.29, 0.717) is 0 Å². The number of rotatable bonds is 7. The van der Waals surface area contributed by atoms with Gasteiger partial charge in [-0.15, -0.1) is 11.3 Å². The maximum Gasteiger partial charge on any atom is 0.121 e. The second-order valence-electron chi connectivity index (χ2n) is 8.68. The Morgan fingerprint density at radius 3 is 2.39 bits per heavy atom. The van der Waals surface area contributed by atoms with Crippen LogP contribution in [0.15, 0.2) is 66.1 Å². The molecule has 2 heterocycles. The van der Waals surface area contributed by atoms with E-state index in [0.717, 1.165) is 40.4 Å². The summed E-state index contributed by atoms with van der Waals surface area (Å²) in [6, 6.07) is 18.7. The van der Waals surface area contributed by atoms with Crippen LogP contribution in [0.4, 0.5) is 0 Å². The van der Waals surface area contributed by atoms with Crippen LogP contribution in [-0.4, -0.2) is 20.0 Å². The molecular weight excluding hydrogens is 400 g/mol. The van der Waals surface area contributed by atoms with Crippen molar-refractivity contribution >= 4 is 17.4 Å². The Morgan fingerprint density at radius 1 is 0.968 bits per heavy atom. The van der Waals surface area contributed by atoms with Gasteiger partial charge < -0.3 is 0 Å². The summed E-state index contributed by atoms with van der Waals surface area (Å²) in [6.07, 6.45) is 6.46. The number of benzene rings is 2. The molecule has 31 heavy (non-hydrogen) atoms. The summed E-state index contributed by atoms with van der Waals surface area (Å²) >= 11 is 1.72. The number of allylic oxidation sites excluding steroid dienone is 1. The topological polar surface area (TPSA) is 43.6 Å². The van der Waals surface area contributed by atoms with Crippen molar-refractivity contribution in [3.05, 3.63) is 82.3 Å². The highest BCUT2D eigenvalue weighted by atomic mass is 32.1. The van der Waals surface area contributed by atoms with Crippen LogP contribution in [0.2, 0.25) is 0 Å². The van der Waals surface area contributed by atoms with Gasteiger partial charge >= 0.3 is 0 Å². The first-order chi connectivity index (χ1) is 14.9. The van der Waals surface area contributed by atoms with Crippen molar-refractivity contribution in [3.63, 3.8) is 0 Å². The van der Waals surface area contributed by atoms with Gasteiger partial charge in [0.1, 0.15) is 11.4 Å². The average molecular weight is 429 g/mol. The highest BCUT2D eigenvalue weighted by Gasteiger charge is 2.18. The van der Waals surface area contributed by atoms with Crippen molar-refractivity contribution in [3.8, 4) is 22.5 Å². The van der Waals surface area contributed by atoms with Gasteiger partial charge in [0.25, 0.3) is 0 Å². The predicted molar refractivity (Wildman–Crippen MR) is 130 cm³/mol. The molecule has 0 bridgehead atoms. The molecule has 4 nitrogen and oxygen atoms in total. The number of aromatic nitrogens is 4. The maximum atomic E-state index is 4.64. The van der Waals surface area contributed by atoms with E-state index < -0.39 is 0 Å². The Kier molecular flexibility index (Phi) is 6.14. The van der Waals surface area contributed by atoms with Gasteiger partial charge in [-0.1, -0.05) is 74.5 Å². The fourth-order valence-corrected chi connectivity index (χ4v) is 4.36. The monoisotopic (exact) mass is 428 g/mol. The average Bonchev–Trinajstić information content (AvgIpc) is 3.33. The fraction of sp³-hybridized carbons (Fsp3) is 0.269. The summed E-state index contributed by atoms with van der Waals surface area (Å²) in [5, 5.41) is 12.6. The molecule has 5 heteroatoms. The van der Waals surface area contributed by atoms with Crippen LogP contribution < -0.4 is 0 Å². The van der Waals surface area contributed by atoms with E-state index in [2.05, 4.69) is 89.9 Å². The van der Waals surface area contributed by atoms with Gasteiger partial charge in [-0.05, 0) is 36.8 Å². The minimum Gasteiger partial charge on any atom is -0.247 e. The number of hydrogen-bond acceptors (Lipinski definition) is 4. The third-order valence-corrected chi connectivity index (χ3v) is 6.05. The molecule has 0 N–H and O–H groups in total. The summed E-state index contributed by atoms with van der Waals surface area (Å²) < 4.78 is 0. The van der Waals surface area contributed by atoms with Gasteiger partial charge in [0, 0.05) is 23.6 Å². The largest absolute Gasteiger partial charge is 0.247 e. The normalized spacial score (nSPS) is 12.0. The van der Waals surface area contributed by atoms with E-state index in [4.69, 9.17) is 0 Å². The lowest BCUT2D eigenvalue weighted by Gasteiger charge is -2.21. The molecule has 0 unspecified atom stereocenters. The molecule has 0 amide bonds. The summed E-state index contributed by atoms with van der Waals surface area (Å²) in [6.45, 7) is 6.66. The van der Waals surface area contributed by atoms with Gasteiger partial charge in [-0.2, -0.15) is 15.0 Å². The van der Waals surface area contributed by atoms with E-state index in [1.54, 1.807) is 16.1 Å². The van der Waals surface area contributed by atoms with Crippen molar-refractivity contribution in [2.75, 3.05) is 0 Å². The van der Waals surface area contributed by atoms with Crippen LogP contribution >= 0.6 is 11.3 Å². The van der Waals surface area contributed by atoms with Crippen molar-refractivity contribution in [1.82, 2.24) is 20.0 Å². The summed E-state index contributed by atoms with van der Waals surface area (Å²) in [5.41, 5.74) is 6.49. The maximum absolute atomic E-state index is 4.64. The second kappa shape index (κ2) is 8.98. The quantitative estimate of drug-likeness (QED) is 0.334. The van der Waals surface area contributed by atoms with Crippen LogP contribution in [0.3, 0.4) is 0 Å². The lowest BCUT2D eigenvalue weighted by molar-refractivity contribution is 0.366. The summed E-state index contributed by atoms with van der Waals surface area (Å²) in [4.78, 5) is 6.26. The molecule has 0 atom stereocenters. The summed E-state index contributed by atoms with van der Waals surface area (Å²) in [7, 11) is 1.87. The van der Waals surface area contributed by atoms with Crippen molar-refractivity contribution in [2.24, 2.45) is 12.5 Å². The van der Waals surface area contributed by atoms with Crippen molar-refractivity contribution < 1.29 is 0 Å². The van der Waals surface area contributed by atoms with Gasteiger partial charge in [0.05, 0.1) is 10.7 Å². The van der Waals surface area contributed by atoms with E-state index in [1.165, 1.54) is 11.3 Å². The lowest BCUT2D eigenvalue weighted by atomic mass is 9.84. The molecule has 0 aliphatic carbocycles. The number of aryl methyl sites for hydroxylation is 2. The predicted octanol–water partition coefficient (Wildman–Crippen LogP) is 6.59. The Morgan fingerprint density at radius 2 is 1.68 bits per heavy atom. The molecule has 0 aliphatic heterocycles. The van der Waals surface area contributed by atoms with Crippen LogP contribution in [0.5, 0.6) is 0 Å². The zero-order chi connectivity index (χ0) is 21.8. The van der Waals surface area contributed by atoms with E-state index in [9.17, 15) is 0 Å². The number of hydrogen-bond donors (Lipinski definition) is 0.